The van der Waals surface area contributed by atoms with E-state index in [0.29, 0.717) is 38.7 Å². The molecule has 1 N–H and O–H groups in total. The minimum atomic E-state index is -0.0896. The third-order valence-electron chi connectivity index (χ3n) is 4.59. The summed E-state index contributed by atoms with van der Waals surface area (Å²) >= 11 is 0. The molecule has 1 aromatic rings. The van der Waals surface area contributed by atoms with Crippen molar-refractivity contribution in [2.75, 3.05) is 43.2 Å². The lowest BCUT2D eigenvalue weighted by Gasteiger charge is -2.24. The van der Waals surface area contributed by atoms with Gasteiger partial charge in [-0.1, -0.05) is 6.07 Å². The van der Waals surface area contributed by atoms with Gasteiger partial charge in [0.05, 0.1) is 25.0 Å². The SMILES string of the molecule is CCN(C(=O)[C@H]1CCOC1)c1cccc(NC(=O)[C@@H]2CCOC2)c1. The number of ether oxygens (including phenoxy) is 2. The van der Waals surface area contributed by atoms with E-state index in [1.165, 1.54) is 0 Å². The van der Waals surface area contributed by atoms with Gasteiger partial charge in [-0.05, 0) is 38.0 Å². The maximum atomic E-state index is 12.7. The molecule has 6 nitrogen and oxygen atoms in total. The minimum absolute atomic E-state index is 0.0248. The van der Waals surface area contributed by atoms with Gasteiger partial charge in [-0.15, -0.1) is 0 Å². The topological polar surface area (TPSA) is 67.9 Å². The van der Waals surface area contributed by atoms with Gasteiger partial charge in [0.1, 0.15) is 0 Å². The maximum absolute atomic E-state index is 12.7. The molecule has 0 aliphatic carbocycles. The monoisotopic (exact) mass is 332 g/mol. The van der Waals surface area contributed by atoms with Crippen molar-refractivity contribution in [2.24, 2.45) is 11.8 Å². The molecule has 0 spiro atoms. The second-order valence-electron chi connectivity index (χ2n) is 6.24. The molecule has 0 aromatic heterocycles. The third-order valence-corrected chi connectivity index (χ3v) is 4.59. The lowest BCUT2D eigenvalue weighted by Crippen LogP contribution is -2.36. The Hall–Kier alpha value is -1.92. The summed E-state index contributed by atoms with van der Waals surface area (Å²) < 4.78 is 10.6. The molecular formula is C18H24N2O4. The van der Waals surface area contributed by atoms with Crippen molar-refractivity contribution in [1.82, 2.24) is 0 Å². The van der Waals surface area contributed by atoms with E-state index < -0.39 is 0 Å². The largest absolute Gasteiger partial charge is 0.381 e. The summed E-state index contributed by atoms with van der Waals surface area (Å²) in [6.45, 7) is 4.80. The van der Waals surface area contributed by atoms with E-state index in [0.717, 1.165) is 18.5 Å². The number of amides is 2. The number of anilines is 2. The standard InChI is InChI=1S/C18H24N2O4/c1-2-20(18(22)14-7-9-24-12-14)16-5-3-4-15(10-16)19-17(21)13-6-8-23-11-13/h3-5,10,13-14H,2,6-9,11-12H2,1H3,(H,19,21)/t13-,14+/m1/s1. The van der Waals surface area contributed by atoms with Crippen LogP contribution in [-0.4, -0.2) is 44.8 Å². The van der Waals surface area contributed by atoms with Gasteiger partial charge in [0.15, 0.2) is 0 Å². The maximum Gasteiger partial charge on any atom is 0.232 e. The van der Waals surface area contributed by atoms with E-state index in [2.05, 4.69) is 5.32 Å². The molecule has 24 heavy (non-hydrogen) atoms. The van der Waals surface area contributed by atoms with E-state index in [-0.39, 0.29) is 23.7 Å². The quantitative estimate of drug-likeness (QED) is 0.896. The highest BCUT2D eigenvalue weighted by molar-refractivity contribution is 5.97. The van der Waals surface area contributed by atoms with Crippen molar-refractivity contribution in [1.29, 1.82) is 0 Å². The summed E-state index contributed by atoms with van der Waals surface area (Å²) in [7, 11) is 0. The lowest BCUT2D eigenvalue weighted by atomic mass is 10.1. The van der Waals surface area contributed by atoms with Crippen molar-refractivity contribution in [3.63, 3.8) is 0 Å². The van der Waals surface area contributed by atoms with Crippen LogP contribution < -0.4 is 10.2 Å². The fourth-order valence-electron chi connectivity index (χ4n) is 3.15. The van der Waals surface area contributed by atoms with Crippen LogP contribution in [0.3, 0.4) is 0 Å². The van der Waals surface area contributed by atoms with E-state index >= 15 is 0 Å². The number of nitrogens with one attached hydrogen (secondary N) is 1. The Morgan fingerprint density at radius 3 is 2.50 bits per heavy atom. The summed E-state index contributed by atoms with van der Waals surface area (Å²) in [5.41, 5.74) is 1.51. The highest BCUT2D eigenvalue weighted by Gasteiger charge is 2.28. The average molecular weight is 332 g/mol. The van der Waals surface area contributed by atoms with E-state index in [4.69, 9.17) is 9.47 Å². The molecule has 1 aromatic carbocycles. The zero-order valence-corrected chi connectivity index (χ0v) is 14.0. The fourth-order valence-corrected chi connectivity index (χ4v) is 3.15. The number of carbonyl (C=O) groups excluding carboxylic acids is 2. The first-order chi connectivity index (χ1) is 11.7. The van der Waals surface area contributed by atoms with Gasteiger partial charge in [0, 0.05) is 31.1 Å². The number of hydrogen-bond acceptors (Lipinski definition) is 4. The Kier molecular flexibility index (Phi) is 5.48. The normalized spacial score (nSPS) is 23.2. The first-order valence-corrected chi connectivity index (χ1v) is 8.57. The molecule has 2 heterocycles. The van der Waals surface area contributed by atoms with Crippen molar-refractivity contribution in [3.05, 3.63) is 24.3 Å². The molecular weight excluding hydrogens is 308 g/mol. The van der Waals surface area contributed by atoms with Crippen LogP contribution in [0, 0.1) is 11.8 Å². The minimum Gasteiger partial charge on any atom is -0.381 e. The van der Waals surface area contributed by atoms with Crippen LogP contribution in [0.2, 0.25) is 0 Å². The average Bonchev–Trinajstić information content (AvgIpc) is 3.29. The highest BCUT2D eigenvalue weighted by atomic mass is 16.5. The number of nitrogens with zero attached hydrogens (tertiary/aromatic N) is 1. The molecule has 0 saturated carbocycles. The molecule has 2 aliphatic rings. The summed E-state index contributed by atoms with van der Waals surface area (Å²) in [4.78, 5) is 26.6. The van der Waals surface area contributed by atoms with Crippen LogP contribution >= 0.6 is 0 Å². The second kappa shape index (κ2) is 7.77. The number of rotatable bonds is 5. The van der Waals surface area contributed by atoms with Gasteiger partial charge in [-0.25, -0.2) is 0 Å². The molecule has 0 unspecified atom stereocenters. The van der Waals surface area contributed by atoms with E-state index in [9.17, 15) is 9.59 Å². The third kappa shape index (κ3) is 3.76. The van der Waals surface area contributed by atoms with Gasteiger partial charge in [-0.3, -0.25) is 9.59 Å². The molecule has 3 rings (SSSR count). The Morgan fingerprint density at radius 2 is 1.88 bits per heavy atom. The lowest BCUT2D eigenvalue weighted by molar-refractivity contribution is -0.122. The predicted molar refractivity (Wildman–Crippen MR) is 91.0 cm³/mol. The first-order valence-electron chi connectivity index (χ1n) is 8.57. The fraction of sp³-hybridized carbons (Fsp3) is 0.556. The van der Waals surface area contributed by atoms with Crippen molar-refractivity contribution in [3.8, 4) is 0 Å². The first kappa shape index (κ1) is 16.9. The summed E-state index contributed by atoms with van der Waals surface area (Å²) in [5.74, 6) is -0.0991. The molecule has 2 fully saturated rings. The number of carbonyl (C=O) groups is 2. The van der Waals surface area contributed by atoms with E-state index in [1.807, 2.05) is 31.2 Å². The van der Waals surface area contributed by atoms with Crippen LogP contribution in [0.5, 0.6) is 0 Å². The number of benzene rings is 1. The van der Waals surface area contributed by atoms with E-state index in [1.54, 1.807) is 4.90 Å². The van der Waals surface area contributed by atoms with Crippen LogP contribution in [0.25, 0.3) is 0 Å². The van der Waals surface area contributed by atoms with Gasteiger partial charge >= 0.3 is 0 Å². The molecule has 6 heteroatoms. The summed E-state index contributed by atoms with van der Waals surface area (Å²) in [6.07, 6.45) is 1.53. The highest BCUT2D eigenvalue weighted by Crippen LogP contribution is 2.24. The zero-order valence-electron chi connectivity index (χ0n) is 14.0. The number of hydrogen-bond donors (Lipinski definition) is 1. The molecule has 0 radical (unpaired) electrons. The smallest absolute Gasteiger partial charge is 0.232 e. The van der Waals surface area contributed by atoms with Gasteiger partial charge in [0.2, 0.25) is 11.8 Å². The molecule has 2 atom stereocenters. The Morgan fingerprint density at radius 1 is 1.17 bits per heavy atom. The molecule has 130 valence electrons. The van der Waals surface area contributed by atoms with Crippen molar-refractivity contribution in [2.45, 2.75) is 19.8 Å². The molecule has 0 bridgehead atoms. The predicted octanol–water partition coefficient (Wildman–Crippen LogP) is 2.05. The van der Waals surface area contributed by atoms with Crippen LogP contribution in [-0.2, 0) is 19.1 Å². The second-order valence-corrected chi connectivity index (χ2v) is 6.24. The summed E-state index contributed by atoms with van der Waals surface area (Å²) in [6, 6.07) is 7.45. The summed E-state index contributed by atoms with van der Waals surface area (Å²) in [5, 5.41) is 2.93. The van der Waals surface area contributed by atoms with Gasteiger partial charge in [0.25, 0.3) is 0 Å². The van der Waals surface area contributed by atoms with Crippen molar-refractivity contribution < 1.29 is 19.1 Å². The Balaban J connectivity index is 1.70. The molecule has 2 aliphatic heterocycles. The van der Waals surface area contributed by atoms with Crippen LogP contribution in [0.1, 0.15) is 19.8 Å². The Bertz CT molecular complexity index is 592. The molecule has 2 amide bonds. The van der Waals surface area contributed by atoms with Crippen LogP contribution in [0.15, 0.2) is 24.3 Å². The zero-order chi connectivity index (χ0) is 16.9. The molecule has 2 saturated heterocycles. The Labute approximate surface area is 142 Å². The van der Waals surface area contributed by atoms with Gasteiger partial charge < -0.3 is 19.7 Å². The van der Waals surface area contributed by atoms with Crippen molar-refractivity contribution >= 4 is 23.2 Å². The van der Waals surface area contributed by atoms with Crippen LogP contribution in [0.4, 0.5) is 11.4 Å². The van der Waals surface area contributed by atoms with Gasteiger partial charge in [-0.2, -0.15) is 0 Å².